The Morgan fingerprint density at radius 1 is 1.53 bits per heavy atom. The van der Waals surface area contributed by atoms with Gasteiger partial charge in [-0.25, -0.2) is 0 Å². The van der Waals surface area contributed by atoms with Gasteiger partial charge in [0.05, 0.1) is 12.3 Å². The quantitative estimate of drug-likeness (QED) is 0.749. The van der Waals surface area contributed by atoms with Crippen molar-refractivity contribution in [2.24, 2.45) is 7.05 Å². The van der Waals surface area contributed by atoms with Gasteiger partial charge < -0.3 is 9.67 Å². The normalized spacial score (nSPS) is 13.0. The molecule has 15 heavy (non-hydrogen) atoms. The zero-order chi connectivity index (χ0) is 10.8. The molecule has 6 nitrogen and oxygen atoms in total. The number of H-pyrrole nitrogens is 1. The van der Waals surface area contributed by atoms with E-state index in [1.807, 2.05) is 18.5 Å². The van der Waals surface area contributed by atoms with E-state index in [4.69, 9.17) is 0 Å². The van der Waals surface area contributed by atoms with Crippen LogP contribution in [0.5, 0.6) is 0 Å². The lowest BCUT2D eigenvalue weighted by atomic mass is 10.1. The van der Waals surface area contributed by atoms with Gasteiger partial charge in [-0.1, -0.05) is 0 Å². The predicted molar refractivity (Wildman–Crippen MR) is 53.0 cm³/mol. The van der Waals surface area contributed by atoms with Crippen LogP contribution in [0.2, 0.25) is 0 Å². The third-order valence-corrected chi connectivity index (χ3v) is 2.46. The van der Waals surface area contributed by atoms with Gasteiger partial charge >= 0.3 is 0 Å². The summed E-state index contributed by atoms with van der Waals surface area (Å²) in [5, 5.41) is 24.2. The lowest BCUT2D eigenvalue weighted by molar-refractivity contribution is 0.174. The number of aliphatic hydroxyl groups excluding tert-OH is 1. The molecule has 2 aromatic rings. The second-order valence-corrected chi connectivity index (χ2v) is 3.47. The van der Waals surface area contributed by atoms with Crippen LogP contribution in [0.15, 0.2) is 12.4 Å². The van der Waals surface area contributed by atoms with E-state index in [0.29, 0.717) is 6.42 Å². The van der Waals surface area contributed by atoms with Gasteiger partial charge in [0.25, 0.3) is 0 Å². The maximum Gasteiger partial charge on any atom is 0.135 e. The standard InChI is InChI=1S/C9H13N5O/c1-6-12-13-9(14(6)2)3-8(15)7-4-10-11-5-7/h4-5,8,15H,3H2,1-2H3,(H,10,11). The van der Waals surface area contributed by atoms with Crippen molar-refractivity contribution in [3.63, 3.8) is 0 Å². The minimum absolute atomic E-state index is 0.441. The Balaban J connectivity index is 2.12. The summed E-state index contributed by atoms with van der Waals surface area (Å²) in [6.45, 7) is 1.88. The maximum absolute atomic E-state index is 9.86. The van der Waals surface area contributed by atoms with Crippen molar-refractivity contribution in [1.29, 1.82) is 0 Å². The number of rotatable bonds is 3. The number of hydrogen-bond donors (Lipinski definition) is 2. The van der Waals surface area contributed by atoms with Crippen molar-refractivity contribution >= 4 is 0 Å². The highest BCUT2D eigenvalue weighted by Gasteiger charge is 2.13. The molecule has 2 aromatic heterocycles. The van der Waals surface area contributed by atoms with Gasteiger partial charge in [-0.3, -0.25) is 5.10 Å². The lowest BCUT2D eigenvalue weighted by Gasteiger charge is -2.07. The predicted octanol–water partition coefficient (Wildman–Crippen LogP) is 0.123. The summed E-state index contributed by atoms with van der Waals surface area (Å²) in [6.07, 6.45) is 3.13. The molecule has 0 saturated heterocycles. The molecule has 0 aliphatic heterocycles. The van der Waals surface area contributed by atoms with Gasteiger partial charge in [0, 0.05) is 25.2 Å². The number of aromatic amines is 1. The average molecular weight is 207 g/mol. The molecule has 2 rings (SSSR count). The Morgan fingerprint density at radius 3 is 2.87 bits per heavy atom. The van der Waals surface area contributed by atoms with Gasteiger partial charge in [-0.15, -0.1) is 10.2 Å². The molecule has 0 aliphatic carbocycles. The van der Waals surface area contributed by atoms with Crippen LogP contribution in [0.4, 0.5) is 0 Å². The second kappa shape index (κ2) is 3.82. The van der Waals surface area contributed by atoms with Crippen LogP contribution in [0.3, 0.4) is 0 Å². The van der Waals surface area contributed by atoms with E-state index >= 15 is 0 Å². The van der Waals surface area contributed by atoms with Gasteiger partial charge in [0.15, 0.2) is 0 Å². The Labute approximate surface area is 87.0 Å². The molecule has 80 valence electrons. The van der Waals surface area contributed by atoms with Crippen LogP contribution >= 0.6 is 0 Å². The molecule has 0 spiro atoms. The third-order valence-electron chi connectivity index (χ3n) is 2.46. The fourth-order valence-electron chi connectivity index (χ4n) is 1.36. The first-order valence-electron chi connectivity index (χ1n) is 4.70. The van der Waals surface area contributed by atoms with Crippen molar-refractivity contribution in [2.45, 2.75) is 19.4 Å². The van der Waals surface area contributed by atoms with E-state index in [9.17, 15) is 5.11 Å². The van der Waals surface area contributed by atoms with Gasteiger partial charge in [0.2, 0.25) is 0 Å². The minimum atomic E-state index is -0.592. The first-order valence-corrected chi connectivity index (χ1v) is 4.70. The van der Waals surface area contributed by atoms with Gasteiger partial charge in [0.1, 0.15) is 11.6 Å². The van der Waals surface area contributed by atoms with E-state index in [-0.39, 0.29) is 0 Å². The van der Waals surface area contributed by atoms with Crippen LogP contribution in [0, 0.1) is 6.92 Å². The van der Waals surface area contributed by atoms with E-state index in [2.05, 4.69) is 20.4 Å². The lowest BCUT2D eigenvalue weighted by Crippen LogP contribution is -2.06. The molecule has 0 aromatic carbocycles. The zero-order valence-corrected chi connectivity index (χ0v) is 8.68. The van der Waals surface area contributed by atoms with Crippen molar-refractivity contribution in [3.8, 4) is 0 Å². The first-order chi connectivity index (χ1) is 7.18. The molecule has 0 radical (unpaired) electrons. The molecule has 0 bridgehead atoms. The van der Waals surface area contributed by atoms with Crippen molar-refractivity contribution in [1.82, 2.24) is 25.0 Å². The highest BCUT2D eigenvalue weighted by atomic mass is 16.3. The fourth-order valence-corrected chi connectivity index (χ4v) is 1.36. The van der Waals surface area contributed by atoms with Crippen molar-refractivity contribution in [3.05, 3.63) is 29.6 Å². The first kappa shape index (κ1) is 9.85. The Bertz CT molecular complexity index is 433. The molecule has 0 aliphatic rings. The number of aliphatic hydroxyl groups is 1. The van der Waals surface area contributed by atoms with Crippen LogP contribution in [-0.4, -0.2) is 30.1 Å². The molecule has 1 unspecified atom stereocenters. The minimum Gasteiger partial charge on any atom is -0.388 e. The van der Waals surface area contributed by atoms with Crippen LogP contribution in [-0.2, 0) is 13.5 Å². The van der Waals surface area contributed by atoms with Crippen LogP contribution < -0.4 is 0 Å². The number of nitrogens with zero attached hydrogens (tertiary/aromatic N) is 4. The Kier molecular flexibility index (Phi) is 2.51. The van der Waals surface area contributed by atoms with E-state index < -0.39 is 6.10 Å². The summed E-state index contributed by atoms with van der Waals surface area (Å²) in [4.78, 5) is 0. The monoisotopic (exact) mass is 207 g/mol. The van der Waals surface area contributed by atoms with Crippen molar-refractivity contribution in [2.75, 3.05) is 0 Å². The second-order valence-electron chi connectivity index (χ2n) is 3.47. The van der Waals surface area contributed by atoms with E-state index in [1.54, 1.807) is 12.4 Å². The summed E-state index contributed by atoms with van der Waals surface area (Å²) in [7, 11) is 1.88. The van der Waals surface area contributed by atoms with Gasteiger partial charge in [-0.05, 0) is 6.92 Å². The smallest absolute Gasteiger partial charge is 0.135 e. The number of nitrogens with one attached hydrogen (secondary N) is 1. The molecule has 0 saturated carbocycles. The van der Waals surface area contributed by atoms with Crippen LogP contribution in [0.1, 0.15) is 23.3 Å². The van der Waals surface area contributed by atoms with E-state index in [0.717, 1.165) is 17.2 Å². The molecule has 0 fully saturated rings. The Morgan fingerprint density at radius 2 is 2.33 bits per heavy atom. The summed E-state index contributed by atoms with van der Waals surface area (Å²) < 4.78 is 1.86. The number of aromatic nitrogens is 5. The summed E-state index contributed by atoms with van der Waals surface area (Å²) in [5.41, 5.74) is 0.760. The maximum atomic E-state index is 9.86. The van der Waals surface area contributed by atoms with Crippen LogP contribution in [0.25, 0.3) is 0 Å². The Hall–Kier alpha value is -1.69. The number of aryl methyl sites for hydroxylation is 1. The van der Waals surface area contributed by atoms with Crippen molar-refractivity contribution < 1.29 is 5.11 Å². The zero-order valence-electron chi connectivity index (χ0n) is 8.68. The molecule has 2 N–H and O–H groups in total. The summed E-state index contributed by atoms with van der Waals surface area (Å²) in [5.74, 6) is 1.60. The third kappa shape index (κ3) is 1.89. The van der Waals surface area contributed by atoms with E-state index in [1.165, 1.54) is 0 Å². The highest BCUT2D eigenvalue weighted by molar-refractivity contribution is 5.09. The molecule has 0 amide bonds. The van der Waals surface area contributed by atoms with Gasteiger partial charge in [-0.2, -0.15) is 5.10 Å². The highest BCUT2D eigenvalue weighted by Crippen LogP contribution is 2.15. The topological polar surface area (TPSA) is 79.6 Å². The average Bonchev–Trinajstić information content (AvgIpc) is 2.83. The molecule has 2 heterocycles. The molecular formula is C9H13N5O. The SMILES string of the molecule is Cc1nnc(CC(O)c2cn[nH]c2)n1C. The fraction of sp³-hybridized carbons (Fsp3) is 0.444. The number of hydrogen-bond acceptors (Lipinski definition) is 4. The largest absolute Gasteiger partial charge is 0.388 e. The molecular weight excluding hydrogens is 194 g/mol. The molecule has 1 atom stereocenters. The molecule has 6 heteroatoms. The summed E-state index contributed by atoms with van der Waals surface area (Å²) in [6, 6.07) is 0. The summed E-state index contributed by atoms with van der Waals surface area (Å²) >= 11 is 0.